The van der Waals surface area contributed by atoms with E-state index in [1.807, 2.05) is 71.3 Å². The lowest BCUT2D eigenvalue weighted by molar-refractivity contribution is -0.142. The van der Waals surface area contributed by atoms with Gasteiger partial charge in [-0.2, -0.15) is 0 Å². The Morgan fingerprint density at radius 2 is 1.77 bits per heavy atom. The normalized spacial score (nSPS) is 20.4. The fraction of sp³-hybridized carbons (Fsp3) is 0.405. The van der Waals surface area contributed by atoms with Gasteiger partial charge in [0.2, 0.25) is 0 Å². The highest BCUT2D eigenvalue weighted by Gasteiger charge is 2.52. The van der Waals surface area contributed by atoms with Crippen molar-refractivity contribution < 1.29 is 23.9 Å². The second-order valence-electron chi connectivity index (χ2n) is 12.8. The molecule has 0 radical (unpaired) electrons. The molecule has 1 aliphatic heterocycles. The van der Waals surface area contributed by atoms with E-state index in [0.717, 1.165) is 78.8 Å². The molecule has 1 saturated heterocycles. The van der Waals surface area contributed by atoms with E-state index in [4.69, 9.17) is 19.5 Å². The van der Waals surface area contributed by atoms with Gasteiger partial charge >= 0.3 is 12.1 Å². The third-order valence-corrected chi connectivity index (χ3v) is 9.96. The van der Waals surface area contributed by atoms with Gasteiger partial charge in [-0.05, 0) is 61.1 Å². The maximum atomic E-state index is 13.3. The first-order chi connectivity index (χ1) is 23.0. The molecule has 242 valence electrons. The standard InChI is InChI=1S/C37H39N5O5/c1-46-35(44)29(39-31-23-32(43)37(31)18-6-3-7-19-37)22-25-14-16-27(17-15-25)42-33-28(12-8-20-38-33)40-34(42)30-13-9-21-41(30)36(45)47-24-26-10-4-2-5-11-26/h2,4-5,8,10-12,14-17,20,29-30H,3,6-7,9,13,18-19,21-24H2,1H3/t29-,30-/m0/s1. The number of hydrogen-bond acceptors (Lipinski definition) is 8. The maximum absolute atomic E-state index is 13.3. The van der Waals surface area contributed by atoms with Gasteiger partial charge in [-0.25, -0.2) is 19.6 Å². The molecule has 0 bridgehead atoms. The minimum atomic E-state index is -0.715. The predicted octanol–water partition coefficient (Wildman–Crippen LogP) is 6.34. The van der Waals surface area contributed by atoms with Crippen LogP contribution in [0, 0.1) is 5.41 Å². The quantitative estimate of drug-likeness (QED) is 0.208. The molecule has 4 aromatic rings. The van der Waals surface area contributed by atoms with Gasteiger partial charge in [0.15, 0.2) is 11.7 Å². The molecule has 2 aliphatic carbocycles. The molecule has 3 aliphatic rings. The van der Waals surface area contributed by atoms with Gasteiger partial charge in [-0.15, -0.1) is 0 Å². The number of hydrogen-bond donors (Lipinski definition) is 0. The number of rotatable bonds is 8. The van der Waals surface area contributed by atoms with Gasteiger partial charge in [0, 0.05) is 37.0 Å². The third-order valence-electron chi connectivity index (χ3n) is 9.96. The molecule has 3 fully saturated rings. The van der Waals surface area contributed by atoms with Crippen LogP contribution in [0.3, 0.4) is 0 Å². The topological polar surface area (TPSA) is 116 Å². The van der Waals surface area contributed by atoms with Gasteiger partial charge < -0.3 is 9.47 Å². The van der Waals surface area contributed by atoms with E-state index in [0.29, 0.717) is 25.0 Å². The molecule has 47 heavy (non-hydrogen) atoms. The molecule has 10 heteroatoms. The number of likely N-dealkylation sites (tertiary alicyclic amines) is 1. The summed E-state index contributed by atoms with van der Waals surface area (Å²) in [4.78, 5) is 55.1. The van der Waals surface area contributed by atoms with Crippen molar-refractivity contribution in [2.75, 3.05) is 13.7 Å². The maximum Gasteiger partial charge on any atom is 0.410 e. The number of carbonyl (C=O) groups excluding carboxylic acids is 3. The Hall–Kier alpha value is -4.86. The Bertz CT molecular complexity index is 1810. The first kappa shape index (κ1) is 30.8. The summed E-state index contributed by atoms with van der Waals surface area (Å²) in [5.41, 5.74) is 4.53. The number of aliphatic imine (C=N–C) groups is 1. The number of ketones is 1. The summed E-state index contributed by atoms with van der Waals surface area (Å²) in [6.07, 6.45) is 8.48. The summed E-state index contributed by atoms with van der Waals surface area (Å²) >= 11 is 0. The summed E-state index contributed by atoms with van der Waals surface area (Å²) in [5, 5.41) is 0. The highest BCUT2D eigenvalue weighted by Crippen LogP contribution is 2.47. The van der Waals surface area contributed by atoms with Crippen LogP contribution in [0.25, 0.3) is 16.9 Å². The zero-order valence-electron chi connectivity index (χ0n) is 26.6. The molecular weight excluding hydrogens is 594 g/mol. The van der Waals surface area contributed by atoms with E-state index in [1.54, 1.807) is 11.1 Å². The minimum absolute atomic E-state index is 0.206. The molecule has 0 N–H and O–H groups in total. The van der Waals surface area contributed by atoms with Crippen LogP contribution < -0.4 is 0 Å². The SMILES string of the molecule is COC(=O)[C@H](Cc1ccc(-n2c([C@@H]3CCCN3C(=O)OCc3ccccc3)nc3cccnc32)cc1)N=C1CC(=O)C12CCCCC2. The Morgan fingerprint density at radius 3 is 2.51 bits per heavy atom. The van der Waals surface area contributed by atoms with Gasteiger partial charge in [-0.1, -0.05) is 61.7 Å². The largest absolute Gasteiger partial charge is 0.467 e. The van der Waals surface area contributed by atoms with E-state index in [1.165, 1.54) is 7.11 Å². The molecule has 2 aromatic heterocycles. The Labute approximate surface area is 273 Å². The van der Waals surface area contributed by atoms with Crippen LogP contribution >= 0.6 is 0 Å². The lowest BCUT2D eigenvalue weighted by atomic mass is 9.58. The van der Waals surface area contributed by atoms with E-state index >= 15 is 0 Å². The molecule has 7 rings (SSSR count). The van der Waals surface area contributed by atoms with Crippen molar-refractivity contribution in [2.24, 2.45) is 10.4 Å². The van der Waals surface area contributed by atoms with Gasteiger partial charge in [0.25, 0.3) is 0 Å². The average molecular weight is 634 g/mol. The fourth-order valence-corrected chi connectivity index (χ4v) is 7.41. The summed E-state index contributed by atoms with van der Waals surface area (Å²) in [5.74, 6) is 0.581. The highest BCUT2D eigenvalue weighted by atomic mass is 16.6. The minimum Gasteiger partial charge on any atom is -0.467 e. The van der Waals surface area contributed by atoms with Crippen molar-refractivity contribution in [3.05, 3.63) is 89.9 Å². The second-order valence-corrected chi connectivity index (χ2v) is 12.8. The second kappa shape index (κ2) is 13.1. The third kappa shape index (κ3) is 5.92. The summed E-state index contributed by atoms with van der Waals surface area (Å²) in [6, 6.07) is 20.4. The zero-order valence-corrected chi connectivity index (χ0v) is 26.6. The molecule has 0 unspecified atom stereocenters. The molecule has 1 spiro atoms. The first-order valence-electron chi connectivity index (χ1n) is 16.5. The molecule has 2 saturated carbocycles. The average Bonchev–Trinajstić information content (AvgIpc) is 3.76. The lowest BCUT2D eigenvalue weighted by Gasteiger charge is -2.44. The number of fused-ring (bicyclic) bond motifs is 1. The molecule has 2 aromatic carbocycles. The van der Waals surface area contributed by atoms with Crippen LogP contribution in [-0.4, -0.2) is 62.7 Å². The molecule has 1 amide bonds. The number of pyridine rings is 1. The number of ether oxygens (including phenoxy) is 2. The summed E-state index contributed by atoms with van der Waals surface area (Å²) in [7, 11) is 1.38. The van der Waals surface area contributed by atoms with Crippen molar-refractivity contribution in [1.82, 2.24) is 19.4 Å². The highest BCUT2D eigenvalue weighted by molar-refractivity contribution is 6.27. The molecule has 3 heterocycles. The van der Waals surface area contributed by atoms with E-state index in [-0.39, 0.29) is 24.5 Å². The molecule has 10 nitrogen and oxygen atoms in total. The van der Waals surface area contributed by atoms with Crippen LogP contribution in [0.4, 0.5) is 4.79 Å². The van der Waals surface area contributed by atoms with E-state index in [2.05, 4.69) is 4.98 Å². The van der Waals surface area contributed by atoms with Crippen molar-refractivity contribution >= 4 is 34.7 Å². The van der Waals surface area contributed by atoms with Crippen molar-refractivity contribution in [3.8, 4) is 5.69 Å². The van der Waals surface area contributed by atoms with Gasteiger partial charge in [-0.3, -0.25) is 19.3 Å². The number of aromatic nitrogens is 3. The van der Waals surface area contributed by atoms with Crippen LogP contribution in [0.1, 0.15) is 74.4 Å². The fourth-order valence-electron chi connectivity index (χ4n) is 7.41. The smallest absolute Gasteiger partial charge is 0.410 e. The van der Waals surface area contributed by atoms with Gasteiger partial charge in [0.1, 0.15) is 23.7 Å². The van der Waals surface area contributed by atoms with Crippen LogP contribution in [0.5, 0.6) is 0 Å². The van der Waals surface area contributed by atoms with Gasteiger partial charge in [0.05, 0.1) is 18.6 Å². The van der Waals surface area contributed by atoms with E-state index < -0.39 is 17.4 Å². The van der Waals surface area contributed by atoms with Crippen LogP contribution in [0.2, 0.25) is 0 Å². The Balaban J connectivity index is 1.14. The lowest BCUT2D eigenvalue weighted by Crippen LogP contribution is -2.52. The Morgan fingerprint density at radius 1 is 0.979 bits per heavy atom. The van der Waals surface area contributed by atoms with Crippen molar-refractivity contribution in [3.63, 3.8) is 0 Å². The van der Waals surface area contributed by atoms with Crippen LogP contribution in [0.15, 0.2) is 77.9 Å². The first-order valence-corrected chi connectivity index (χ1v) is 16.5. The summed E-state index contributed by atoms with van der Waals surface area (Å²) in [6.45, 7) is 0.788. The summed E-state index contributed by atoms with van der Waals surface area (Å²) < 4.78 is 12.9. The number of methoxy groups -OCH3 is 1. The number of amides is 1. The number of esters is 1. The predicted molar refractivity (Wildman–Crippen MR) is 176 cm³/mol. The van der Waals surface area contributed by atoms with Crippen LogP contribution in [-0.2, 0) is 32.1 Å². The monoisotopic (exact) mass is 633 g/mol. The van der Waals surface area contributed by atoms with Crippen molar-refractivity contribution in [1.29, 1.82) is 0 Å². The number of carbonyl (C=O) groups is 3. The number of Topliss-reactive ketones (excluding diaryl/α,β-unsaturated/α-hetero) is 1. The molecular formula is C37H39N5O5. The Kier molecular flexibility index (Phi) is 8.58. The zero-order chi connectivity index (χ0) is 32.4. The number of benzene rings is 2. The van der Waals surface area contributed by atoms with E-state index in [9.17, 15) is 14.4 Å². The van der Waals surface area contributed by atoms with Crippen molar-refractivity contribution in [2.45, 2.75) is 76.5 Å². The number of imidazole rings is 1. The number of nitrogens with zero attached hydrogens (tertiary/aromatic N) is 5. The molecule has 2 atom stereocenters.